The average Bonchev–Trinajstić information content (AvgIpc) is 2.42. The fourth-order valence-electron chi connectivity index (χ4n) is 1.57. The summed E-state index contributed by atoms with van der Waals surface area (Å²) >= 11 is 3.39. The van der Waals surface area contributed by atoms with E-state index in [2.05, 4.69) is 15.9 Å². The summed E-state index contributed by atoms with van der Waals surface area (Å²) in [5.74, 6) is 0.815. The lowest BCUT2D eigenvalue weighted by molar-refractivity contribution is 0.0757. The minimum absolute atomic E-state index is 0.527. The molecule has 1 aromatic heterocycles. The number of fused-ring (bicyclic) bond motifs is 1. The minimum atomic E-state index is -0.731. The van der Waals surface area contributed by atoms with Gasteiger partial charge in [-0.05, 0) is 38.1 Å². The SMILES string of the molecule is CC(C)(O)Cc1cc2ccc(Br)cc2o1. The molecule has 0 aliphatic rings. The van der Waals surface area contributed by atoms with Gasteiger partial charge in [0.2, 0.25) is 0 Å². The molecule has 2 rings (SSSR count). The molecule has 3 heteroatoms. The van der Waals surface area contributed by atoms with Crippen LogP contribution in [0.2, 0.25) is 0 Å². The largest absolute Gasteiger partial charge is 0.461 e. The summed E-state index contributed by atoms with van der Waals surface area (Å²) in [6.45, 7) is 3.55. The van der Waals surface area contributed by atoms with Gasteiger partial charge >= 0.3 is 0 Å². The molecule has 0 saturated carbocycles. The lowest BCUT2D eigenvalue weighted by atomic mass is 10.0. The van der Waals surface area contributed by atoms with Crippen molar-refractivity contribution < 1.29 is 9.52 Å². The van der Waals surface area contributed by atoms with E-state index in [4.69, 9.17) is 4.42 Å². The van der Waals surface area contributed by atoms with Crippen molar-refractivity contribution in [3.8, 4) is 0 Å². The molecule has 1 aromatic carbocycles. The van der Waals surface area contributed by atoms with Crippen molar-refractivity contribution in [3.63, 3.8) is 0 Å². The van der Waals surface area contributed by atoms with Gasteiger partial charge in [-0.25, -0.2) is 0 Å². The fourth-order valence-corrected chi connectivity index (χ4v) is 1.91. The van der Waals surface area contributed by atoms with E-state index in [1.54, 1.807) is 13.8 Å². The van der Waals surface area contributed by atoms with Crippen LogP contribution in [0.1, 0.15) is 19.6 Å². The number of hydrogen-bond donors (Lipinski definition) is 1. The predicted octanol–water partition coefficient (Wildman–Crippen LogP) is 3.51. The van der Waals surface area contributed by atoms with Crippen molar-refractivity contribution in [2.75, 3.05) is 0 Å². The Morgan fingerprint density at radius 1 is 1.33 bits per heavy atom. The highest BCUT2D eigenvalue weighted by atomic mass is 79.9. The number of aliphatic hydroxyl groups is 1. The second-order valence-electron chi connectivity index (χ2n) is 4.38. The minimum Gasteiger partial charge on any atom is -0.461 e. The van der Waals surface area contributed by atoms with Crippen LogP contribution >= 0.6 is 15.9 Å². The van der Waals surface area contributed by atoms with E-state index in [1.807, 2.05) is 24.3 Å². The highest BCUT2D eigenvalue weighted by Gasteiger charge is 2.16. The van der Waals surface area contributed by atoms with Gasteiger partial charge in [0.05, 0.1) is 5.60 Å². The van der Waals surface area contributed by atoms with Gasteiger partial charge in [-0.2, -0.15) is 0 Å². The third-order valence-corrected chi connectivity index (χ3v) is 2.63. The van der Waals surface area contributed by atoms with Crippen LogP contribution in [-0.2, 0) is 6.42 Å². The Morgan fingerprint density at radius 2 is 2.07 bits per heavy atom. The van der Waals surface area contributed by atoms with Crippen LogP contribution in [0.3, 0.4) is 0 Å². The lowest BCUT2D eigenvalue weighted by Gasteiger charge is -2.14. The van der Waals surface area contributed by atoms with E-state index >= 15 is 0 Å². The van der Waals surface area contributed by atoms with E-state index in [-0.39, 0.29) is 0 Å². The van der Waals surface area contributed by atoms with Gasteiger partial charge in [0.1, 0.15) is 11.3 Å². The highest BCUT2D eigenvalue weighted by molar-refractivity contribution is 9.10. The van der Waals surface area contributed by atoms with Gasteiger partial charge in [-0.3, -0.25) is 0 Å². The van der Waals surface area contributed by atoms with Crippen LogP contribution in [-0.4, -0.2) is 10.7 Å². The maximum absolute atomic E-state index is 9.68. The van der Waals surface area contributed by atoms with Gasteiger partial charge < -0.3 is 9.52 Å². The normalized spacial score (nSPS) is 12.3. The molecule has 0 bridgehead atoms. The summed E-state index contributed by atoms with van der Waals surface area (Å²) in [6, 6.07) is 7.88. The molecule has 80 valence electrons. The number of benzene rings is 1. The number of hydrogen-bond acceptors (Lipinski definition) is 2. The van der Waals surface area contributed by atoms with Crippen LogP contribution in [0.25, 0.3) is 11.0 Å². The first-order valence-electron chi connectivity index (χ1n) is 4.84. The van der Waals surface area contributed by atoms with E-state index in [0.717, 1.165) is 21.2 Å². The number of furan rings is 1. The second-order valence-corrected chi connectivity index (χ2v) is 5.30. The van der Waals surface area contributed by atoms with Crippen LogP contribution in [0.4, 0.5) is 0 Å². The highest BCUT2D eigenvalue weighted by Crippen LogP contribution is 2.25. The lowest BCUT2D eigenvalue weighted by Crippen LogP contribution is -2.21. The Kier molecular flexibility index (Phi) is 2.61. The standard InChI is InChI=1S/C12H13BrO2/c1-12(2,14)7-10-5-8-3-4-9(13)6-11(8)15-10/h3-6,14H,7H2,1-2H3. The van der Waals surface area contributed by atoms with Crippen LogP contribution in [0, 0.1) is 0 Å². The summed E-state index contributed by atoms with van der Waals surface area (Å²) in [5, 5.41) is 10.7. The van der Waals surface area contributed by atoms with Gasteiger partial charge in [0.15, 0.2) is 0 Å². The van der Waals surface area contributed by atoms with Crippen molar-refractivity contribution in [1.82, 2.24) is 0 Å². The van der Waals surface area contributed by atoms with Crippen LogP contribution in [0.5, 0.6) is 0 Å². The van der Waals surface area contributed by atoms with Crippen molar-refractivity contribution >= 4 is 26.9 Å². The first-order chi connectivity index (χ1) is 6.94. The maximum Gasteiger partial charge on any atom is 0.135 e. The molecular weight excluding hydrogens is 256 g/mol. The molecular formula is C12H13BrO2. The second kappa shape index (κ2) is 3.65. The van der Waals surface area contributed by atoms with Crippen molar-refractivity contribution in [3.05, 3.63) is 34.5 Å². The smallest absolute Gasteiger partial charge is 0.135 e. The third kappa shape index (κ3) is 2.61. The predicted molar refractivity (Wildman–Crippen MR) is 63.9 cm³/mol. The molecule has 0 amide bonds. The van der Waals surface area contributed by atoms with Gasteiger partial charge in [0, 0.05) is 16.3 Å². The van der Waals surface area contributed by atoms with Crippen molar-refractivity contribution in [2.24, 2.45) is 0 Å². The molecule has 1 heterocycles. The first-order valence-corrected chi connectivity index (χ1v) is 5.64. The van der Waals surface area contributed by atoms with Gasteiger partial charge in [0.25, 0.3) is 0 Å². The first kappa shape index (κ1) is 10.7. The molecule has 0 saturated heterocycles. The fraction of sp³-hybridized carbons (Fsp3) is 0.333. The third-order valence-electron chi connectivity index (χ3n) is 2.14. The number of rotatable bonds is 2. The molecule has 0 radical (unpaired) electrons. The Hall–Kier alpha value is -0.800. The van der Waals surface area contributed by atoms with E-state index < -0.39 is 5.60 Å². The molecule has 2 nitrogen and oxygen atoms in total. The molecule has 2 aromatic rings. The van der Waals surface area contributed by atoms with Crippen molar-refractivity contribution in [2.45, 2.75) is 25.9 Å². The molecule has 0 aliphatic carbocycles. The zero-order valence-corrected chi connectivity index (χ0v) is 10.3. The molecule has 0 atom stereocenters. The quantitative estimate of drug-likeness (QED) is 0.905. The van der Waals surface area contributed by atoms with E-state index in [1.165, 1.54) is 0 Å². The Balaban J connectivity index is 2.39. The van der Waals surface area contributed by atoms with Gasteiger partial charge in [-0.15, -0.1) is 0 Å². The molecule has 0 fully saturated rings. The van der Waals surface area contributed by atoms with E-state index in [0.29, 0.717) is 6.42 Å². The molecule has 0 unspecified atom stereocenters. The summed E-state index contributed by atoms with van der Waals surface area (Å²) in [7, 11) is 0. The molecule has 15 heavy (non-hydrogen) atoms. The molecule has 0 spiro atoms. The summed E-state index contributed by atoms with van der Waals surface area (Å²) in [4.78, 5) is 0. The van der Waals surface area contributed by atoms with Gasteiger partial charge in [-0.1, -0.05) is 15.9 Å². The zero-order chi connectivity index (χ0) is 11.1. The Bertz CT molecular complexity index is 480. The Labute approximate surface area is 97.0 Å². The zero-order valence-electron chi connectivity index (χ0n) is 8.75. The Morgan fingerprint density at radius 3 is 2.73 bits per heavy atom. The summed E-state index contributed by atoms with van der Waals surface area (Å²) < 4.78 is 6.63. The topological polar surface area (TPSA) is 33.4 Å². The van der Waals surface area contributed by atoms with E-state index in [9.17, 15) is 5.11 Å². The molecule has 0 aliphatic heterocycles. The number of halogens is 1. The van der Waals surface area contributed by atoms with Crippen LogP contribution < -0.4 is 0 Å². The average molecular weight is 269 g/mol. The summed E-state index contributed by atoms with van der Waals surface area (Å²) in [5.41, 5.74) is 0.120. The summed E-state index contributed by atoms with van der Waals surface area (Å²) in [6.07, 6.45) is 0.527. The maximum atomic E-state index is 9.68. The van der Waals surface area contributed by atoms with Crippen molar-refractivity contribution in [1.29, 1.82) is 0 Å². The monoisotopic (exact) mass is 268 g/mol. The molecule has 1 N–H and O–H groups in total. The van der Waals surface area contributed by atoms with Crippen LogP contribution in [0.15, 0.2) is 33.2 Å².